The summed E-state index contributed by atoms with van der Waals surface area (Å²) in [6, 6.07) is 17.2. The summed E-state index contributed by atoms with van der Waals surface area (Å²) in [7, 11) is 0. The molecule has 2 aromatic carbocycles. The van der Waals surface area contributed by atoms with E-state index < -0.39 is 0 Å². The molecule has 0 radical (unpaired) electrons. The van der Waals surface area contributed by atoms with Gasteiger partial charge in [0.15, 0.2) is 0 Å². The van der Waals surface area contributed by atoms with Crippen LogP contribution in [0.5, 0.6) is 0 Å². The Morgan fingerprint density at radius 1 is 1.03 bits per heavy atom. The molecule has 0 unspecified atom stereocenters. The van der Waals surface area contributed by atoms with E-state index in [-0.39, 0.29) is 17.9 Å². The van der Waals surface area contributed by atoms with E-state index in [1.807, 2.05) is 70.3 Å². The molecule has 2 heterocycles. The molecule has 6 nitrogen and oxygen atoms in total. The van der Waals surface area contributed by atoms with Crippen molar-refractivity contribution in [3.8, 4) is 0 Å². The van der Waals surface area contributed by atoms with Crippen molar-refractivity contribution >= 4 is 11.8 Å². The van der Waals surface area contributed by atoms with Gasteiger partial charge >= 0.3 is 0 Å². The topological polar surface area (TPSA) is 67.2 Å². The van der Waals surface area contributed by atoms with Gasteiger partial charge in [-0.25, -0.2) is 4.98 Å². The lowest BCUT2D eigenvalue weighted by molar-refractivity contribution is 0.0600. The number of benzene rings is 2. The van der Waals surface area contributed by atoms with Gasteiger partial charge in [-0.2, -0.15) is 0 Å². The van der Waals surface area contributed by atoms with Gasteiger partial charge in [0, 0.05) is 49.2 Å². The third-order valence-electron chi connectivity index (χ3n) is 5.85. The van der Waals surface area contributed by atoms with Crippen molar-refractivity contribution in [3.05, 3.63) is 90.0 Å². The van der Waals surface area contributed by atoms with Crippen LogP contribution in [0.15, 0.2) is 73.3 Å². The maximum absolute atomic E-state index is 13.5. The van der Waals surface area contributed by atoms with Crippen LogP contribution < -0.4 is 5.32 Å². The first-order valence-corrected chi connectivity index (χ1v) is 10.9. The molecule has 1 fully saturated rings. The molecule has 6 heteroatoms. The molecule has 160 valence electrons. The number of likely N-dealkylation sites (tertiary alicyclic amines) is 1. The second-order valence-electron chi connectivity index (χ2n) is 7.95. The Hall–Kier alpha value is -3.41. The molecule has 3 aromatic rings. The van der Waals surface area contributed by atoms with Crippen molar-refractivity contribution in [2.75, 3.05) is 13.1 Å². The second kappa shape index (κ2) is 10.1. The number of piperidine rings is 1. The molecule has 1 N–H and O–H groups in total. The van der Waals surface area contributed by atoms with Gasteiger partial charge in [0.05, 0.1) is 6.33 Å². The van der Waals surface area contributed by atoms with Crippen LogP contribution in [-0.4, -0.2) is 45.4 Å². The van der Waals surface area contributed by atoms with Crippen LogP contribution in [0.3, 0.4) is 0 Å². The number of carbonyl (C=O) groups excluding carboxylic acids is 2. The third kappa shape index (κ3) is 5.20. The molecule has 1 aromatic heterocycles. The van der Waals surface area contributed by atoms with Crippen LogP contribution in [0.4, 0.5) is 0 Å². The summed E-state index contributed by atoms with van der Waals surface area (Å²) in [4.78, 5) is 31.9. The minimum atomic E-state index is -0.0695. The first kappa shape index (κ1) is 20.8. The molecule has 0 aliphatic carbocycles. The fraction of sp³-hybridized carbons (Fsp3) is 0.320. The summed E-state index contributed by atoms with van der Waals surface area (Å²) < 4.78 is 1.97. The smallest absolute Gasteiger partial charge is 0.254 e. The number of amides is 2. The van der Waals surface area contributed by atoms with Gasteiger partial charge in [0.2, 0.25) is 0 Å². The fourth-order valence-electron chi connectivity index (χ4n) is 4.21. The monoisotopic (exact) mass is 416 g/mol. The highest BCUT2D eigenvalue weighted by Gasteiger charge is 2.28. The van der Waals surface area contributed by atoms with E-state index in [0.717, 1.165) is 43.4 Å². The first-order chi connectivity index (χ1) is 15.2. The zero-order chi connectivity index (χ0) is 21.5. The lowest BCUT2D eigenvalue weighted by Crippen LogP contribution is -2.45. The van der Waals surface area contributed by atoms with Crippen LogP contribution in [-0.2, 0) is 6.54 Å². The molecule has 0 saturated carbocycles. The fourth-order valence-corrected chi connectivity index (χ4v) is 4.21. The maximum Gasteiger partial charge on any atom is 0.254 e. The van der Waals surface area contributed by atoms with Gasteiger partial charge < -0.3 is 14.8 Å². The number of aromatic nitrogens is 2. The zero-order valence-corrected chi connectivity index (χ0v) is 17.6. The molecule has 1 atom stereocenters. The average Bonchev–Trinajstić information content (AvgIpc) is 3.33. The normalized spacial score (nSPS) is 16.1. The largest absolute Gasteiger partial charge is 0.352 e. The van der Waals surface area contributed by atoms with E-state index >= 15 is 0 Å². The summed E-state index contributed by atoms with van der Waals surface area (Å²) in [5.41, 5.74) is 2.40. The predicted octanol–water partition coefficient (Wildman–Crippen LogP) is 3.75. The summed E-state index contributed by atoms with van der Waals surface area (Å²) in [6.07, 6.45) is 9.26. The van der Waals surface area contributed by atoms with Crippen LogP contribution in [0.1, 0.15) is 52.0 Å². The molecule has 1 aliphatic heterocycles. The van der Waals surface area contributed by atoms with E-state index in [2.05, 4.69) is 10.3 Å². The summed E-state index contributed by atoms with van der Waals surface area (Å²) in [5.74, 6) is 0.00904. The van der Waals surface area contributed by atoms with E-state index in [1.165, 1.54) is 0 Å². The van der Waals surface area contributed by atoms with E-state index in [1.54, 1.807) is 12.5 Å². The van der Waals surface area contributed by atoms with Crippen molar-refractivity contribution in [2.24, 2.45) is 0 Å². The third-order valence-corrected chi connectivity index (χ3v) is 5.85. The molecular weight excluding hydrogens is 388 g/mol. The number of hydrogen-bond donors (Lipinski definition) is 1. The molecule has 0 spiro atoms. The Balaban J connectivity index is 1.41. The SMILES string of the molecule is O=C(NCC[C@H]1CCCCN1C(=O)c1ccccc1Cn1ccnc1)c1ccccc1. The van der Waals surface area contributed by atoms with Gasteiger partial charge in [0.1, 0.15) is 0 Å². The van der Waals surface area contributed by atoms with Gasteiger partial charge in [-0.05, 0) is 49.4 Å². The Kier molecular flexibility index (Phi) is 6.77. The average molecular weight is 417 g/mol. The highest BCUT2D eigenvalue weighted by Crippen LogP contribution is 2.23. The number of nitrogens with one attached hydrogen (secondary N) is 1. The van der Waals surface area contributed by atoms with E-state index in [9.17, 15) is 9.59 Å². The zero-order valence-electron chi connectivity index (χ0n) is 17.6. The Morgan fingerprint density at radius 2 is 1.84 bits per heavy atom. The number of rotatable bonds is 7. The van der Waals surface area contributed by atoms with Crippen LogP contribution in [0.2, 0.25) is 0 Å². The number of nitrogens with zero attached hydrogens (tertiary/aromatic N) is 3. The van der Waals surface area contributed by atoms with Gasteiger partial charge in [0.25, 0.3) is 11.8 Å². The Labute approximate surface area is 182 Å². The Bertz CT molecular complexity index is 1000. The van der Waals surface area contributed by atoms with E-state index in [0.29, 0.717) is 18.7 Å². The van der Waals surface area contributed by atoms with Crippen molar-refractivity contribution in [1.82, 2.24) is 19.8 Å². The Morgan fingerprint density at radius 3 is 2.65 bits per heavy atom. The van der Waals surface area contributed by atoms with Crippen LogP contribution in [0.25, 0.3) is 0 Å². The number of carbonyl (C=O) groups is 2. The quantitative estimate of drug-likeness (QED) is 0.638. The predicted molar refractivity (Wildman–Crippen MR) is 120 cm³/mol. The molecule has 4 rings (SSSR count). The standard InChI is InChI=1S/C25H28N4O2/c30-24(20-8-2-1-3-9-20)27-14-13-22-11-6-7-16-29(22)25(31)23-12-5-4-10-21(23)18-28-17-15-26-19-28/h1-5,8-10,12,15,17,19,22H,6-7,11,13-14,16,18H2,(H,27,30)/t22-/m1/s1. The minimum Gasteiger partial charge on any atom is -0.352 e. The molecule has 1 aliphatic rings. The van der Waals surface area contributed by atoms with E-state index in [4.69, 9.17) is 0 Å². The summed E-state index contributed by atoms with van der Waals surface area (Å²) in [6.45, 7) is 1.93. The van der Waals surface area contributed by atoms with Gasteiger partial charge in [-0.3, -0.25) is 9.59 Å². The second-order valence-corrected chi connectivity index (χ2v) is 7.95. The highest BCUT2D eigenvalue weighted by molar-refractivity contribution is 5.96. The highest BCUT2D eigenvalue weighted by atomic mass is 16.2. The summed E-state index contributed by atoms with van der Waals surface area (Å²) >= 11 is 0. The lowest BCUT2D eigenvalue weighted by atomic mass is 9.97. The number of imidazole rings is 1. The first-order valence-electron chi connectivity index (χ1n) is 10.9. The molecule has 31 heavy (non-hydrogen) atoms. The lowest BCUT2D eigenvalue weighted by Gasteiger charge is -2.36. The van der Waals surface area contributed by atoms with Crippen molar-refractivity contribution in [1.29, 1.82) is 0 Å². The molecular formula is C25H28N4O2. The maximum atomic E-state index is 13.5. The molecule has 0 bridgehead atoms. The van der Waals surface area contributed by atoms with Gasteiger partial charge in [-0.1, -0.05) is 36.4 Å². The van der Waals surface area contributed by atoms with Crippen LogP contribution in [0, 0.1) is 0 Å². The number of hydrogen-bond acceptors (Lipinski definition) is 3. The van der Waals surface area contributed by atoms with Gasteiger partial charge in [-0.15, -0.1) is 0 Å². The van der Waals surface area contributed by atoms with Crippen molar-refractivity contribution in [2.45, 2.75) is 38.3 Å². The minimum absolute atomic E-state index is 0.0695. The van der Waals surface area contributed by atoms with Crippen molar-refractivity contribution < 1.29 is 9.59 Å². The van der Waals surface area contributed by atoms with Crippen LogP contribution >= 0.6 is 0 Å². The molecule has 2 amide bonds. The summed E-state index contributed by atoms with van der Waals surface area (Å²) in [5, 5.41) is 3.00. The van der Waals surface area contributed by atoms with Crippen molar-refractivity contribution in [3.63, 3.8) is 0 Å². The molecule has 1 saturated heterocycles.